The van der Waals surface area contributed by atoms with Crippen molar-refractivity contribution in [1.82, 2.24) is 4.98 Å². The number of carbonyl (C=O) groups excluding carboxylic acids is 2. The van der Waals surface area contributed by atoms with E-state index in [9.17, 15) is 14.7 Å². The first-order chi connectivity index (χ1) is 19.4. The highest BCUT2D eigenvalue weighted by molar-refractivity contribution is 8.00. The predicted octanol–water partition coefficient (Wildman–Crippen LogP) is 5.67. The SMILES string of the molecule is CCCC1O[C@@H]2CC3C4CCC5=CC(=O)C=CC5C4[C@@H](O)CC3(C)[C@]2(C(=O)CSc2nccc3ccccc23)O1. The number of allylic oxidation sites excluding steroid dienone is 4. The number of benzene rings is 1. The number of hydrogen-bond donors (Lipinski definition) is 1. The first-order valence-corrected chi connectivity index (χ1v) is 15.8. The highest BCUT2D eigenvalue weighted by Crippen LogP contribution is 2.68. The molecular weight excluding hydrogens is 522 g/mol. The van der Waals surface area contributed by atoms with E-state index in [0.717, 1.165) is 53.5 Å². The largest absolute Gasteiger partial charge is 0.393 e. The molecule has 0 bridgehead atoms. The number of ether oxygens (including phenoxy) is 2. The number of carbonyl (C=O) groups is 2. The van der Waals surface area contributed by atoms with Gasteiger partial charge in [0.05, 0.1) is 18.0 Å². The van der Waals surface area contributed by atoms with Gasteiger partial charge in [-0.1, -0.05) is 67.9 Å². The first-order valence-electron chi connectivity index (χ1n) is 14.8. The minimum absolute atomic E-state index is 0.0433. The summed E-state index contributed by atoms with van der Waals surface area (Å²) in [6.45, 7) is 4.28. The van der Waals surface area contributed by atoms with Crippen molar-refractivity contribution in [1.29, 1.82) is 0 Å². The van der Waals surface area contributed by atoms with Crippen LogP contribution < -0.4 is 0 Å². The van der Waals surface area contributed by atoms with E-state index in [1.165, 1.54) is 11.8 Å². The molecule has 4 aliphatic carbocycles. The van der Waals surface area contributed by atoms with E-state index in [2.05, 4.69) is 24.9 Å². The minimum atomic E-state index is -1.09. The van der Waals surface area contributed by atoms with Gasteiger partial charge in [-0.05, 0) is 73.5 Å². The summed E-state index contributed by atoms with van der Waals surface area (Å²) in [7, 11) is 0. The second kappa shape index (κ2) is 9.90. The van der Waals surface area contributed by atoms with Gasteiger partial charge in [-0.3, -0.25) is 9.59 Å². The molecule has 3 saturated carbocycles. The van der Waals surface area contributed by atoms with Crippen LogP contribution in [-0.4, -0.2) is 51.5 Å². The lowest BCUT2D eigenvalue weighted by Crippen LogP contribution is -2.62. The molecule has 0 radical (unpaired) electrons. The van der Waals surface area contributed by atoms with Gasteiger partial charge in [-0.15, -0.1) is 0 Å². The molecule has 1 N–H and O–H groups in total. The Morgan fingerprint density at radius 3 is 2.95 bits per heavy atom. The smallest absolute Gasteiger partial charge is 0.178 e. The number of fused-ring (bicyclic) bond motifs is 8. The third-order valence-corrected chi connectivity index (χ3v) is 11.6. The van der Waals surface area contributed by atoms with Crippen LogP contribution in [0.3, 0.4) is 0 Å². The van der Waals surface area contributed by atoms with Gasteiger partial charge in [-0.25, -0.2) is 4.98 Å². The van der Waals surface area contributed by atoms with E-state index < -0.39 is 23.4 Å². The Balaban J connectivity index is 1.22. The molecule has 7 heteroatoms. The Morgan fingerprint density at radius 1 is 1.25 bits per heavy atom. The molecule has 1 saturated heterocycles. The van der Waals surface area contributed by atoms with E-state index >= 15 is 0 Å². The van der Waals surface area contributed by atoms with Crippen LogP contribution in [0.5, 0.6) is 0 Å². The molecule has 2 aromatic rings. The zero-order valence-corrected chi connectivity index (χ0v) is 23.9. The van der Waals surface area contributed by atoms with Gasteiger partial charge in [0.25, 0.3) is 0 Å². The Morgan fingerprint density at radius 2 is 2.10 bits per heavy atom. The molecule has 1 aromatic heterocycles. The molecule has 40 heavy (non-hydrogen) atoms. The minimum Gasteiger partial charge on any atom is -0.393 e. The molecule has 0 spiro atoms. The molecular formula is C33H37NO5S. The molecule has 2 heterocycles. The third kappa shape index (κ3) is 3.84. The van der Waals surface area contributed by atoms with Crippen molar-refractivity contribution >= 4 is 34.1 Å². The average Bonchev–Trinajstić information content (AvgIpc) is 3.43. The van der Waals surface area contributed by atoms with Gasteiger partial charge in [0.15, 0.2) is 23.5 Å². The van der Waals surface area contributed by atoms with Crippen molar-refractivity contribution in [3.05, 3.63) is 60.3 Å². The van der Waals surface area contributed by atoms with Crippen molar-refractivity contribution in [3.8, 4) is 0 Å². The molecule has 1 aliphatic heterocycles. The first kappa shape index (κ1) is 26.6. The standard InChI is InChI=1S/C33H37NO5S/c1-3-6-29-38-28-16-25-24-11-9-20-15-21(35)10-12-22(20)30(24)26(36)17-32(25,2)33(28,39-29)27(37)18-40-31-23-8-5-4-7-19(23)13-14-34-31/h4-5,7-8,10,12-15,22,24-26,28-30,36H,3,6,9,11,16-18H2,1-2H3/t22?,24?,25?,26-,28+,29?,30?,32?,33+/m0/s1. The zero-order chi connectivity index (χ0) is 27.6. The third-order valence-electron chi connectivity index (χ3n) is 10.6. The lowest BCUT2D eigenvalue weighted by Gasteiger charge is -2.56. The van der Waals surface area contributed by atoms with Gasteiger partial charge in [0.1, 0.15) is 5.03 Å². The number of Topliss-reactive ketones (excluding diaryl/α,β-unsaturated/α-hetero) is 1. The number of rotatable bonds is 6. The van der Waals surface area contributed by atoms with Crippen molar-refractivity contribution in [2.24, 2.45) is 29.1 Å². The second-order valence-corrected chi connectivity index (χ2v) is 13.5. The summed E-state index contributed by atoms with van der Waals surface area (Å²) >= 11 is 1.47. The summed E-state index contributed by atoms with van der Waals surface area (Å²) in [4.78, 5) is 31.2. The molecule has 0 amide bonds. The Hall–Kier alpha value is -2.32. The highest BCUT2D eigenvalue weighted by Gasteiger charge is 2.75. The number of hydrogen-bond acceptors (Lipinski definition) is 7. The summed E-state index contributed by atoms with van der Waals surface area (Å²) in [5.74, 6) is 0.915. The summed E-state index contributed by atoms with van der Waals surface area (Å²) in [5, 5.41) is 14.8. The molecule has 7 rings (SSSR count). The molecule has 9 atom stereocenters. The fourth-order valence-electron chi connectivity index (χ4n) is 9.03. The van der Waals surface area contributed by atoms with E-state index in [4.69, 9.17) is 9.47 Å². The number of pyridine rings is 1. The number of aromatic nitrogens is 1. The topological polar surface area (TPSA) is 85.7 Å². The maximum absolute atomic E-state index is 14.5. The van der Waals surface area contributed by atoms with Crippen molar-refractivity contribution in [2.75, 3.05) is 5.75 Å². The van der Waals surface area contributed by atoms with Crippen molar-refractivity contribution in [2.45, 2.75) is 81.5 Å². The summed E-state index contributed by atoms with van der Waals surface area (Å²) in [6, 6.07) is 10.1. The fraction of sp³-hybridized carbons (Fsp3) is 0.545. The van der Waals surface area contributed by atoms with Crippen LogP contribution in [0.15, 0.2) is 65.4 Å². The van der Waals surface area contributed by atoms with Crippen LogP contribution in [0.1, 0.15) is 52.4 Å². The molecule has 210 valence electrons. The number of ketones is 2. The summed E-state index contributed by atoms with van der Waals surface area (Å²) < 4.78 is 13.3. The van der Waals surface area contributed by atoms with Crippen LogP contribution >= 0.6 is 11.8 Å². The Labute approximate surface area is 239 Å². The fourth-order valence-corrected chi connectivity index (χ4v) is 9.98. The Bertz CT molecular complexity index is 1420. The maximum Gasteiger partial charge on any atom is 0.178 e. The average molecular weight is 560 g/mol. The maximum atomic E-state index is 14.5. The molecule has 1 aromatic carbocycles. The van der Waals surface area contributed by atoms with Crippen LogP contribution in [0.25, 0.3) is 10.8 Å². The van der Waals surface area contributed by atoms with E-state index in [1.807, 2.05) is 30.3 Å². The monoisotopic (exact) mass is 559 g/mol. The normalized spacial score (nSPS) is 39.8. The molecule has 6 unspecified atom stereocenters. The van der Waals surface area contributed by atoms with Gasteiger partial charge in [-0.2, -0.15) is 0 Å². The van der Waals surface area contributed by atoms with Crippen molar-refractivity contribution in [3.63, 3.8) is 0 Å². The number of nitrogens with zero attached hydrogens (tertiary/aromatic N) is 1. The van der Waals surface area contributed by atoms with E-state index in [-0.39, 0.29) is 47.1 Å². The van der Waals surface area contributed by atoms with Crippen LogP contribution in [0.2, 0.25) is 0 Å². The number of thioether (sulfide) groups is 1. The summed E-state index contributed by atoms with van der Waals surface area (Å²) in [5.41, 5.74) is -0.481. The van der Waals surface area contributed by atoms with Gasteiger partial charge >= 0.3 is 0 Å². The molecule has 4 fully saturated rings. The second-order valence-electron chi connectivity index (χ2n) is 12.6. The predicted molar refractivity (Wildman–Crippen MR) is 154 cm³/mol. The van der Waals surface area contributed by atoms with Crippen LogP contribution in [-0.2, 0) is 19.1 Å². The quantitative estimate of drug-likeness (QED) is 0.456. The summed E-state index contributed by atoms with van der Waals surface area (Å²) in [6.07, 6.45) is 10.6. The van der Waals surface area contributed by atoms with E-state index in [0.29, 0.717) is 6.42 Å². The number of aliphatic hydroxyl groups is 1. The van der Waals surface area contributed by atoms with E-state index in [1.54, 1.807) is 18.3 Å². The lowest BCUT2D eigenvalue weighted by atomic mass is 9.50. The van der Waals surface area contributed by atoms with Gasteiger partial charge < -0.3 is 14.6 Å². The Kier molecular flexibility index (Phi) is 6.58. The highest BCUT2D eigenvalue weighted by atomic mass is 32.2. The molecule has 6 nitrogen and oxygen atoms in total. The lowest BCUT2D eigenvalue weighted by molar-refractivity contribution is -0.193. The van der Waals surface area contributed by atoms with Crippen molar-refractivity contribution < 1.29 is 24.2 Å². The number of aliphatic hydroxyl groups excluding tert-OH is 1. The van der Waals surface area contributed by atoms with Crippen LogP contribution in [0, 0.1) is 29.1 Å². The van der Waals surface area contributed by atoms with Gasteiger partial charge in [0, 0.05) is 22.9 Å². The zero-order valence-electron chi connectivity index (χ0n) is 23.1. The van der Waals surface area contributed by atoms with Gasteiger partial charge in [0.2, 0.25) is 0 Å². The van der Waals surface area contributed by atoms with Crippen LogP contribution in [0.4, 0.5) is 0 Å². The molecule has 5 aliphatic rings.